The van der Waals surface area contributed by atoms with Gasteiger partial charge in [-0.1, -0.05) is 0 Å². The second-order valence-electron chi connectivity index (χ2n) is 5.89. The highest BCUT2D eigenvalue weighted by Gasteiger charge is 2.24. The van der Waals surface area contributed by atoms with Gasteiger partial charge in [-0.15, -0.1) is 5.10 Å². The van der Waals surface area contributed by atoms with E-state index in [4.69, 9.17) is 4.74 Å². The van der Waals surface area contributed by atoms with Crippen molar-refractivity contribution >= 4 is 23.1 Å². The van der Waals surface area contributed by atoms with Crippen molar-refractivity contribution in [3.05, 3.63) is 48.5 Å². The van der Waals surface area contributed by atoms with Gasteiger partial charge in [0, 0.05) is 26.4 Å². The summed E-state index contributed by atoms with van der Waals surface area (Å²) in [6.45, 7) is 1.67. The lowest BCUT2D eigenvalue weighted by Gasteiger charge is -2.17. The summed E-state index contributed by atoms with van der Waals surface area (Å²) in [6, 6.07) is 7.33. The zero-order chi connectivity index (χ0) is 17.2. The van der Waals surface area contributed by atoms with E-state index in [2.05, 4.69) is 25.3 Å². The minimum Gasteiger partial charge on any atom is -0.380 e. The molecule has 0 aromatic carbocycles. The van der Waals surface area contributed by atoms with Gasteiger partial charge in [0.25, 0.3) is 5.91 Å². The van der Waals surface area contributed by atoms with Gasteiger partial charge in [-0.05, 0) is 30.7 Å². The summed E-state index contributed by atoms with van der Waals surface area (Å²) in [7, 11) is 1.72. The third-order valence-electron chi connectivity index (χ3n) is 4.30. The van der Waals surface area contributed by atoms with Gasteiger partial charge in [-0.25, -0.2) is 9.50 Å². The molecule has 3 aromatic rings. The molecule has 0 saturated carbocycles. The normalized spacial score (nSPS) is 17.2. The molecular formula is C17H18N6O2. The molecule has 0 radical (unpaired) electrons. The molecule has 8 heteroatoms. The van der Waals surface area contributed by atoms with E-state index in [-0.39, 0.29) is 12.0 Å². The number of fused-ring (bicyclic) bond motifs is 1. The number of nitrogens with one attached hydrogen (secondary N) is 1. The number of nitrogens with zero attached hydrogens (tertiary/aromatic N) is 5. The van der Waals surface area contributed by atoms with Crippen LogP contribution >= 0.6 is 0 Å². The molecule has 25 heavy (non-hydrogen) atoms. The maximum atomic E-state index is 12.5. The van der Waals surface area contributed by atoms with Crippen LogP contribution < -0.4 is 10.2 Å². The number of hydrogen-bond donors (Lipinski definition) is 1. The first-order valence-electron chi connectivity index (χ1n) is 8.08. The number of imidazole rings is 1. The molecule has 1 aliphatic heterocycles. The first kappa shape index (κ1) is 15.5. The van der Waals surface area contributed by atoms with Crippen LogP contribution in [0.3, 0.4) is 0 Å². The summed E-state index contributed by atoms with van der Waals surface area (Å²) in [5.74, 6) is 0.529. The average molecular weight is 338 g/mol. The van der Waals surface area contributed by atoms with Gasteiger partial charge in [-0.2, -0.15) is 0 Å². The van der Waals surface area contributed by atoms with Gasteiger partial charge in [0.2, 0.25) is 0 Å². The van der Waals surface area contributed by atoms with Crippen LogP contribution in [0.4, 0.5) is 11.5 Å². The lowest BCUT2D eigenvalue weighted by molar-refractivity contribution is 0.102. The average Bonchev–Trinajstić information content (AvgIpc) is 3.29. The number of anilines is 2. The molecule has 0 unspecified atom stereocenters. The fraction of sp³-hybridized carbons (Fsp3) is 0.294. The molecule has 1 aliphatic rings. The van der Waals surface area contributed by atoms with Crippen LogP contribution in [0.1, 0.15) is 16.9 Å². The monoisotopic (exact) mass is 338 g/mol. The van der Waals surface area contributed by atoms with E-state index in [1.54, 1.807) is 36.2 Å². The number of carbonyl (C=O) groups excluding carboxylic acids is 1. The third kappa shape index (κ3) is 3.03. The van der Waals surface area contributed by atoms with Gasteiger partial charge in [-0.3, -0.25) is 9.78 Å². The van der Waals surface area contributed by atoms with Crippen LogP contribution in [0.2, 0.25) is 0 Å². The molecule has 128 valence electrons. The van der Waals surface area contributed by atoms with Gasteiger partial charge < -0.3 is 15.0 Å². The molecule has 1 atom stereocenters. The summed E-state index contributed by atoms with van der Waals surface area (Å²) in [6.07, 6.45) is 5.96. The van der Waals surface area contributed by atoms with Gasteiger partial charge in [0.15, 0.2) is 11.3 Å². The molecule has 1 saturated heterocycles. The Balaban J connectivity index is 1.61. The number of rotatable bonds is 4. The molecule has 0 spiro atoms. The summed E-state index contributed by atoms with van der Waals surface area (Å²) in [5, 5.41) is 7.40. The Morgan fingerprint density at radius 3 is 3.00 bits per heavy atom. The third-order valence-corrected chi connectivity index (χ3v) is 4.30. The Hall–Kier alpha value is -3.00. The summed E-state index contributed by atoms with van der Waals surface area (Å²) < 4.78 is 6.98. The van der Waals surface area contributed by atoms with Crippen molar-refractivity contribution in [3.63, 3.8) is 0 Å². The van der Waals surface area contributed by atoms with Crippen molar-refractivity contribution in [2.24, 2.45) is 0 Å². The highest BCUT2D eigenvalue weighted by molar-refractivity contribution is 6.03. The fourth-order valence-electron chi connectivity index (χ4n) is 2.95. The number of pyridine rings is 1. The van der Waals surface area contributed by atoms with E-state index in [0.717, 1.165) is 25.3 Å². The Labute approximate surface area is 144 Å². The van der Waals surface area contributed by atoms with Crippen molar-refractivity contribution in [2.75, 3.05) is 30.4 Å². The van der Waals surface area contributed by atoms with E-state index < -0.39 is 0 Å². The first-order valence-corrected chi connectivity index (χ1v) is 8.08. The van der Waals surface area contributed by atoms with Crippen molar-refractivity contribution in [1.29, 1.82) is 0 Å². The van der Waals surface area contributed by atoms with Crippen LogP contribution in [-0.4, -0.2) is 51.8 Å². The quantitative estimate of drug-likeness (QED) is 0.778. The van der Waals surface area contributed by atoms with Crippen molar-refractivity contribution in [3.8, 4) is 0 Å². The number of aromatic nitrogens is 4. The van der Waals surface area contributed by atoms with Crippen LogP contribution in [0, 0.1) is 0 Å². The molecule has 8 nitrogen and oxygen atoms in total. The van der Waals surface area contributed by atoms with Crippen LogP contribution in [0.25, 0.3) is 5.65 Å². The molecule has 3 aromatic heterocycles. The maximum Gasteiger partial charge on any atom is 0.276 e. The highest BCUT2D eigenvalue weighted by Crippen LogP contribution is 2.20. The van der Waals surface area contributed by atoms with Crippen LogP contribution in [0.5, 0.6) is 0 Å². The lowest BCUT2D eigenvalue weighted by atomic mass is 10.3. The van der Waals surface area contributed by atoms with E-state index in [9.17, 15) is 4.79 Å². The predicted molar refractivity (Wildman–Crippen MR) is 92.8 cm³/mol. The number of methoxy groups -OCH3 is 1. The summed E-state index contributed by atoms with van der Waals surface area (Å²) in [5.41, 5.74) is 1.63. The van der Waals surface area contributed by atoms with Gasteiger partial charge in [0.1, 0.15) is 5.82 Å². The summed E-state index contributed by atoms with van der Waals surface area (Å²) >= 11 is 0. The molecule has 0 bridgehead atoms. The van der Waals surface area contributed by atoms with Gasteiger partial charge >= 0.3 is 0 Å². The second-order valence-corrected chi connectivity index (χ2v) is 5.89. The molecule has 4 rings (SSSR count). The maximum absolute atomic E-state index is 12.5. The number of hydrogen-bond acceptors (Lipinski definition) is 6. The second kappa shape index (κ2) is 6.48. The minimum absolute atomic E-state index is 0.216. The number of amides is 1. The van der Waals surface area contributed by atoms with Crippen molar-refractivity contribution in [1.82, 2.24) is 19.6 Å². The zero-order valence-corrected chi connectivity index (χ0v) is 13.8. The SMILES string of the molecule is CO[C@H]1CCN(c2ccc3ncc(C(=O)Nc4cccnc4)n3n2)C1. The molecule has 1 fully saturated rings. The number of ether oxygens (including phenoxy) is 1. The Morgan fingerprint density at radius 1 is 1.32 bits per heavy atom. The Kier molecular flexibility index (Phi) is 4.02. The number of carbonyl (C=O) groups is 1. The van der Waals surface area contributed by atoms with E-state index in [1.165, 1.54) is 6.20 Å². The first-order chi connectivity index (χ1) is 12.2. The minimum atomic E-state index is -0.277. The smallest absolute Gasteiger partial charge is 0.276 e. The topological polar surface area (TPSA) is 84.6 Å². The van der Waals surface area contributed by atoms with Crippen LogP contribution in [0.15, 0.2) is 42.9 Å². The van der Waals surface area contributed by atoms with Crippen molar-refractivity contribution in [2.45, 2.75) is 12.5 Å². The lowest BCUT2D eigenvalue weighted by Crippen LogP contribution is -2.24. The fourth-order valence-corrected chi connectivity index (χ4v) is 2.95. The van der Waals surface area contributed by atoms with Crippen molar-refractivity contribution < 1.29 is 9.53 Å². The molecule has 1 N–H and O–H groups in total. The van der Waals surface area contributed by atoms with Gasteiger partial charge in [0.05, 0.1) is 24.2 Å². The molecule has 1 amide bonds. The van der Waals surface area contributed by atoms with E-state index in [1.807, 2.05) is 12.1 Å². The largest absolute Gasteiger partial charge is 0.380 e. The highest BCUT2D eigenvalue weighted by atomic mass is 16.5. The Morgan fingerprint density at radius 2 is 2.24 bits per heavy atom. The Bertz CT molecular complexity index is 895. The van der Waals surface area contributed by atoms with Crippen LogP contribution in [-0.2, 0) is 4.74 Å². The zero-order valence-electron chi connectivity index (χ0n) is 13.8. The van der Waals surface area contributed by atoms with E-state index >= 15 is 0 Å². The van der Waals surface area contributed by atoms with E-state index in [0.29, 0.717) is 17.0 Å². The predicted octanol–water partition coefficient (Wildman–Crippen LogP) is 1.60. The molecule has 0 aliphatic carbocycles. The molecule has 4 heterocycles. The molecular weight excluding hydrogens is 320 g/mol. The summed E-state index contributed by atoms with van der Waals surface area (Å²) in [4.78, 5) is 22.9. The standard InChI is InChI=1S/C17H18N6O2/c1-25-13-6-8-22(11-13)16-5-4-15-19-10-14(23(15)21-16)17(24)20-12-3-2-7-18-9-12/h2-5,7,9-10,13H,6,8,11H2,1H3,(H,20,24)/t13-/m0/s1.